The molecule has 0 bridgehead atoms. The van der Waals surface area contributed by atoms with E-state index >= 15 is 0 Å². The summed E-state index contributed by atoms with van der Waals surface area (Å²) in [5.74, 6) is 1.30. The van der Waals surface area contributed by atoms with Crippen LogP contribution in [0, 0.1) is 0 Å². The fourth-order valence-corrected chi connectivity index (χ4v) is 2.35. The minimum atomic E-state index is 0. The van der Waals surface area contributed by atoms with Crippen LogP contribution in [0.5, 0.6) is 0 Å². The van der Waals surface area contributed by atoms with Gasteiger partial charge in [0.25, 0.3) is 0 Å². The van der Waals surface area contributed by atoms with Gasteiger partial charge in [-0.05, 0) is 48.5 Å². The van der Waals surface area contributed by atoms with Gasteiger partial charge in [0.1, 0.15) is 23.0 Å². The first-order valence-electron chi connectivity index (χ1n) is 9.49. The summed E-state index contributed by atoms with van der Waals surface area (Å²) in [4.78, 5) is 7.78. The van der Waals surface area contributed by atoms with Crippen LogP contribution in [0.2, 0.25) is 0 Å². The molecule has 10 nitrogen and oxygen atoms in total. The molecular weight excluding hydrogens is 635 g/mol. The lowest BCUT2D eigenvalue weighted by Crippen LogP contribution is -3.00. The molecule has 0 saturated heterocycles. The molecule has 0 radical (unpaired) electrons. The van der Waals surface area contributed by atoms with Crippen LogP contribution in [0.3, 0.4) is 0 Å². The second kappa shape index (κ2) is 18.0. The summed E-state index contributed by atoms with van der Waals surface area (Å²) in [5, 5.41) is 16.1. The predicted octanol–water partition coefficient (Wildman–Crippen LogP) is 0.174. The van der Waals surface area contributed by atoms with E-state index in [0.717, 1.165) is 11.4 Å². The highest BCUT2D eigenvalue weighted by molar-refractivity contribution is 5.85. The Morgan fingerprint density at radius 1 is 0.444 bits per heavy atom. The van der Waals surface area contributed by atoms with E-state index in [1.807, 2.05) is 60.7 Å². The van der Waals surface area contributed by atoms with E-state index in [-0.39, 0.29) is 70.4 Å². The van der Waals surface area contributed by atoms with Crippen molar-refractivity contribution >= 4 is 70.8 Å². The number of benzene rings is 2. The molecule has 2 aromatic heterocycles. The van der Waals surface area contributed by atoms with Gasteiger partial charge in [-0.1, -0.05) is 36.4 Å². The van der Waals surface area contributed by atoms with E-state index in [9.17, 15) is 0 Å². The van der Waals surface area contributed by atoms with E-state index in [1.54, 1.807) is 24.3 Å². The molecule has 0 saturated carbocycles. The maximum atomic E-state index is 5.64. The number of aromatic nitrogens is 2. The van der Waals surface area contributed by atoms with Gasteiger partial charge in [-0.2, -0.15) is 10.2 Å². The minimum absolute atomic E-state index is 0. The van der Waals surface area contributed by atoms with Crippen molar-refractivity contribution in [2.24, 2.45) is 20.5 Å². The summed E-state index contributed by atoms with van der Waals surface area (Å²) in [6.45, 7) is 0. The smallest absolute Gasteiger partial charge is 0.153 e. The zero-order valence-corrected chi connectivity index (χ0v) is 23.5. The average molecular weight is 659 g/mol. The third-order valence-corrected chi connectivity index (χ3v) is 3.91. The van der Waals surface area contributed by atoms with E-state index in [1.165, 1.54) is 0 Å². The summed E-state index contributed by atoms with van der Waals surface area (Å²) in [6.07, 6.45) is 0. The van der Waals surface area contributed by atoms with Gasteiger partial charge in [-0.3, -0.25) is 0 Å². The van der Waals surface area contributed by atoms with Crippen LogP contribution in [0.4, 0.5) is 46.0 Å². The van der Waals surface area contributed by atoms with Gasteiger partial charge < -0.3 is 56.9 Å². The van der Waals surface area contributed by atoms with Crippen LogP contribution in [0.1, 0.15) is 0 Å². The fourth-order valence-electron chi connectivity index (χ4n) is 2.35. The molecule has 0 aliphatic rings. The van der Waals surface area contributed by atoms with Gasteiger partial charge in [-0.15, -0.1) is 35.0 Å². The number of azo groups is 2. The highest BCUT2D eigenvalue weighted by atomic mass is 79.9. The maximum Gasteiger partial charge on any atom is 0.153 e. The van der Waals surface area contributed by atoms with Crippen LogP contribution >= 0.6 is 24.8 Å². The average Bonchev–Trinajstić information content (AvgIpc) is 2.80. The quantitative estimate of drug-likeness (QED) is 0.227. The molecule has 4 aromatic rings. The van der Waals surface area contributed by atoms with Crippen LogP contribution in [0.15, 0.2) is 105 Å². The zero-order valence-electron chi connectivity index (χ0n) is 18.6. The largest absolute Gasteiger partial charge is 1.00 e. The summed E-state index contributed by atoms with van der Waals surface area (Å²) < 4.78 is 0. The first kappa shape index (κ1) is 34.8. The standard InChI is InChI=1S/2C11H11N5.2BrH.2ClH/c2*12-10-7-6-9(11(13)14-10)16-15-8-4-2-1-3-5-8;;;;/h2*1-7H,(H4,12,13,14);4*1H/p-2. The van der Waals surface area contributed by atoms with Crippen molar-refractivity contribution in [3.8, 4) is 0 Å². The van der Waals surface area contributed by atoms with E-state index in [0.29, 0.717) is 23.0 Å². The molecule has 0 amide bonds. The lowest BCUT2D eigenvalue weighted by molar-refractivity contribution is -0.00100. The molecule has 0 fully saturated rings. The van der Waals surface area contributed by atoms with E-state index in [4.69, 9.17) is 22.9 Å². The van der Waals surface area contributed by atoms with Gasteiger partial charge in [0.2, 0.25) is 0 Å². The normalized spacial score (nSPS) is 9.56. The molecule has 0 aliphatic heterocycles. The number of hydrogen-bond donors (Lipinski definition) is 4. The van der Waals surface area contributed by atoms with E-state index < -0.39 is 0 Å². The molecule has 0 spiro atoms. The van der Waals surface area contributed by atoms with Gasteiger partial charge in [0, 0.05) is 0 Å². The number of rotatable bonds is 4. The van der Waals surface area contributed by atoms with Crippen molar-refractivity contribution in [2.45, 2.75) is 0 Å². The van der Waals surface area contributed by atoms with Crippen LogP contribution in [0.25, 0.3) is 0 Å². The molecule has 14 heteroatoms. The Kier molecular flexibility index (Phi) is 17.4. The highest BCUT2D eigenvalue weighted by Crippen LogP contribution is 2.24. The molecule has 36 heavy (non-hydrogen) atoms. The summed E-state index contributed by atoms with van der Waals surface area (Å²) in [5.41, 5.74) is 24.8. The molecule has 0 aliphatic carbocycles. The van der Waals surface area contributed by atoms with Crippen molar-refractivity contribution < 1.29 is 34.0 Å². The van der Waals surface area contributed by atoms with Crippen molar-refractivity contribution in [3.05, 3.63) is 84.9 Å². The molecule has 8 N–H and O–H groups in total. The second-order valence-electron chi connectivity index (χ2n) is 6.35. The first-order chi connectivity index (χ1) is 15.5. The number of nitrogens with zero attached hydrogens (tertiary/aromatic N) is 6. The molecule has 0 atom stereocenters. The third kappa shape index (κ3) is 11.4. The number of pyridine rings is 2. The minimum Gasteiger partial charge on any atom is -1.00 e. The monoisotopic (exact) mass is 656 g/mol. The van der Waals surface area contributed by atoms with Crippen molar-refractivity contribution in [1.82, 2.24) is 9.97 Å². The van der Waals surface area contributed by atoms with Gasteiger partial charge in [0.15, 0.2) is 11.6 Å². The molecule has 2 aromatic carbocycles. The van der Waals surface area contributed by atoms with Crippen LogP contribution in [-0.4, -0.2) is 9.97 Å². The Bertz CT molecular complexity index is 1130. The maximum absolute atomic E-state index is 5.64. The lowest BCUT2D eigenvalue weighted by atomic mass is 10.3. The fraction of sp³-hybridized carbons (Fsp3) is 0. The van der Waals surface area contributed by atoms with Crippen LogP contribution < -0.4 is 56.9 Å². The van der Waals surface area contributed by atoms with Gasteiger partial charge >= 0.3 is 0 Å². The Balaban J connectivity index is 0. The second-order valence-corrected chi connectivity index (χ2v) is 6.35. The number of halogens is 4. The Hall–Kier alpha value is -3.32. The van der Waals surface area contributed by atoms with Crippen LogP contribution in [-0.2, 0) is 0 Å². The van der Waals surface area contributed by atoms with E-state index in [2.05, 4.69) is 30.4 Å². The van der Waals surface area contributed by atoms with Crippen molar-refractivity contribution in [3.63, 3.8) is 0 Å². The Morgan fingerprint density at radius 3 is 1.08 bits per heavy atom. The number of nitrogens with two attached hydrogens (primary N) is 4. The summed E-state index contributed by atoms with van der Waals surface area (Å²) in [6, 6.07) is 25.4. The van der Waals surface area contributed by atoms with Crippen molar-refractivity contribution in [1.29, 1.82) is 0 Å². The summed E-state index contributed by atoms with van der Waals surface area (Å²) >= 11 is 0. The van der Waals surface area contributed by atoms with Crippen molar-refractivity contribution in [2.75, 3.05) is 22.9 Å². The topological polar surface area (TPSA) is 179 Å². The van der Waals surface area contributed by atoms with Gasteiger partial charge in [-0.25, -0.2) is 9.97 Å². The molecule has 2 heterocycles. The zero-order chi connectivity index (χ0) is 22.8. The predicted molar refractivity (Wildman–Crippen MR) is 142 cm³/mol. The SMILES string of the molecule is Cl.Cl.Nc1ccc(N=Nc2ccccc2)c(N)n1.Nc1ccc(N=Nc2ccccc2)c(N)n1.[Br-].[Br-]. The molecule has 0 unspecified atom stereocenters. The highest BCUT2D eigenvalue weighted by Gasteiger charge is 2.00. The molecular formula is C22H24Br2Cl2N10-2. The number of nitrogen functional groups attached to an aromatic ring is 4. The lowest BCUT2D eigenvalue weighted by Gasteiger charge is -1.98. The third-order valence-electron chi connectivity index (χ3n) is 3.91. The number of hydrogen-bond acceptors (Lipinski definition) is 10. The Morgan fingerprint density at radius 2 is 0.778 bits per heavy atom. The Labute approximate surface area is 242 Å². The molecule has 4 rings (SSSR count). The number of anilines is 4. The first-order valence-corrected chi connectivity index (χ1v) is 9.49. The summed E-state index contributed by atoms with van der Waals surface area (Å²) in [7, 11) is 0. The van der Waals surface area contributed by atoms with Gasteiger partial charge in [0.05, 0.1) is 11.4 Å². The molecule has 192 valence electrons.